The smallest absolute Gasteiger partial charge is 0.383 e. The largest absolute Gasteiger partial charge is 0.416 e. The van der Waals surface area contributed by atoms with Crippen LogP contribution in [0, 0.1) is 0 Å². The zero-order valence-electron chi connectivity index (χ0n) is 8.95. The predicted octanol–water partition coefficient (Wildman–Crippen LogP) is 2.24. The summed E-state index contributed by atoms with van der Waals surface area (Å²) in [6.07, 6.45) is -3.31. The van der Waals surface area contributed by atoms with Gasteiger partial charge in [0.1, 0.15) is 5.82 Å². The molecule has 1 heterocycles. The minimum Gasteiger partial charge on any atom is -0.383 e. The van der Waals surface area contributed by atoms with E-state index in [4.69, 9.17) is 5.73 Å². The van der Waals surface area contributed by atoms with Gasteiger partial charge in [-0.25, -0.2) is 0 Å². The summed E-state index contributed by atoms with van der Waals surface area (Å²) in [5.74, 6) is -0.579. The molecule has 0 spiro atoms. The van der Waals surface area contributed by atoms with Crippen molar-refractivity contribution in [3.63, 3.8) is 0 Å². The van der Waals surface area contributed by atoms with Gasteiger partial charge in [0.2, 0.25) is 0 Å². The minimum absolute atomic E-state index is 0.0254. The number of hydrogen-bond donors (Lipinski definition) is 2. The van der Waals surface area contributed by atoms with Crippen molar-refractivity contribution in [1.29, 1.82) is 0 Å². The fourth-order valence-electron chi connectivity index (χ4n) is 1.47. The number of H-pyrrole nitrogens is 1. The topological polar surface area (TPSA) is 71.8 Å². The molecular formula is C11H8F3N3O. The van der Waals surface area contributed by atoms with Crippen LogP contribution in [0.4, 0.5) is 19.0 Å². The Morgan fingerprint density at radius 3 is 2.61 bits per heavy atom. The predicted molar refractivity (Wildman–Crippen MR) is 57.9 cm³/mol. The van der Waals surface area contributed by atoms with E-state index in [9.17, 15) is 18.0 Å². The molecule has 0 fully saturated rings. The zero-order valence-corrected chi connectivity index (χ0v) is 8.95. The maximum atomic E-state index is 12.5. The van der Waals surface area contributed by atoms with Crippen LogP contribution in [0.25, 0.3) is 0 Å². The molecule has 0 amide bonds. The lowest BCUT2D eigenvalue weighted by molar-refractivity contribution is -0.137. The first kappa shape index (κ1) is 12.2. The van der Waals surface area contributed by atoms with Crippen molar-refractivity contribution >= 4 is 11.6 Å². The number of aromatic nitrogens is 2. The molecule has 0 atom stereocenters. The van der Waals surface area contributed by atoms with Gasteiger partial charge in [-0.3, -0.25) is 9.89 Å². The molecular weight excluding hydrogens is 247 g/mol. The summed E-state index contributed by atoms with van der Waals surface area (Å²) >= 11 is 0. The van der Waals surface area contributed by atoms with Gasteiger partial charge in [0.15, 0.2) is 5.78 Å². The van der Waals surface area contributed by atoms with Crippen molar-refractivity contribution in [1.82, 2.24) is 10.2 Å². The molecule has 0 radical (unpaired) electrons. The van der Waals surface area contributed by atoms with E-state index >= 15 is 0 Å². The fraction of sp³-hybridized carbons (Fsp3) is 0.0909. The Morgan fingerprint density at radius 2 is 2.06 bits per heavy atom. The molecule has 1 aromatic carbocycles. The van der Waals surface area contributed by atoms with Crippen LogP contribution in [0.5, 0.6) is 0 Å². The van der Waals surface area contributed by atoms with E-state index in [1.807, 2.05) is 0 Å². The van der Waals surface area contributed by atoms with Gasteiger partial charge in [0.25, 0.3) is 0 Å². The van der Waals surface area contributed by atoms with Crippen molar-refractivity contribution in [3.8, 4) is 0 Å². The third-order valence-electron chi connectivity index (χ3n) is 2.37. The highest BCUT2D eigenvalue weighted by atomic mass is 19.4. The highest BCUT2D eigenvalue weighted by Crippen LogP contribution is 2.30. The van der Waals surface area contributed by atoms with Crippen molar-refractivity contribution in [2.24, 2.45) is 0 Å². The first-order valence-corrected chi connectivity index (χ1v) is 4.90. The summed E-state index contributed by atoms with van der Waals surface area (Å²) in [5.41, 5.74) is 4.53. The molecule has 0 aliphatic carbocycles. The van der Waals surface area contributed by atoms with E-state index < -0.39 is 17.5 Å². The standard InChI is InChI=1S/C11H8F3N3O/c12-11(13,14)7-3-1-2-6(4-7)9(18)8-5-16-17-10(8)15/h1-5H,(H3,15,16,17). The number of carbonyl (C=O) groups excluding carboxylic acids is 1. The maximum absolute atomic E-state index is 12.5. The number of nitrogens with zero attached hydrogens (tertiary/aromatic N) is 1. The van der Waals surface area contributed by atoms with Crippen LogP contribution in [0.15, 0.2) is 30.5 Å². The number of nitrogens with one attached hydrogen (secondary N) is 1. The van der Waals surface area contributed by atoms with E-state index in [1.54, 1.807) is 0 Å². The zero-order chi connectivity index (χ0) is 13.3. The average molecular weight is 255 g/mol. The molecule has 0 aliphatic heterocycles. The third kappa shape index (κ3) is 2.20. The molecule has 0 bridgehead atoms. The van der Waals surface area contributed by atoms with Gasteiger partial charge in [-0.2, -0.15) is 18.3 Å². The lowest BCUT2D eigenvalue weighted by Crippen LogP contribution is -2.08. The van der Waals surface area contributed by atoms with E-state index in [-0.39, 0.29) is 16.9 Å². The molecule has 18 heavy (non-hydrogen) atoms. The maximum Gasteiger partial charge on any atom is 0.416 e. The summed E-state index contributed by atoms with van der Waals surface area (Å²) < 4.78 is 37.5. The molecule has 94 valence electrons. The number of carbonyl (C=O) groups is 1. The fourth-order valence-corrected chi connectivity index (χ4v) is 1.47. The second-order valence-corrected chi connectivity index (χ2v) is 3.61. The van der Waals surface area contributed by atoms with Gasteiger partial charge in [0, 0.05) is 5.56 Å². The van der Waals surface area contributed by atoms with E-state index in [0.29, 0.717) is 0 Å². The number of rotatable bonds is 2. The summed E-state index contributed by atoms with van der Waals surface area (Å²) in [5, 5.41) is 5.90. The van der Waals surface area contributed by atoms with Crippen LogP contribution in [-0.4, -0.2) is 16.0 Å². The molecule has 0 saturated carbocycles. The van der Waals surface area contributed by atoms with Crippen LogP contribution < -0.4 is 5.73 Å². The molecule has 2 aromatic rings. The second-order valence-electron chi connectivity index (χ2n) is 3.61. The molecule has 4 nitrogen and oxygen atoms in total. The number of ketones is 1. The number of halogens is 3. The SMILES string of the molecule is Nc1[nH]ncc1C(=O)c1cccc(C(F)(F)F)c1. The summed E-state index contributed by atoms with van der Waals surface area (Å²) in [7, 11) is 0. The molecule has 3 N–H and O–H groups in total. The van der Waals surface area contributed by atoms with E-state index in [1.165, 1.54) is 18.3 Å². The van der Waals surface area contributed by atoms with Crippen LogP contribution >= 0.6 is 0 Å². The number of anilines is 1. The Labute approximate surface area is 99.6 Å². The molecule has 0 unspecified atom stereocenters. The summed E-state index contributed by atoms with van der Waals surface area (Å²) in [4.78, 5) is 11.9. The number of benzene rings is 1. The van der Waals surface area contributed by atoms with Crippen LogP contribution in [-0.2, 0) is 6.18 Å². The van der Waals surface area contributed by atoms with Crippen molar-refractivity contribution in [2.75, 3.05) is 5.73 Å². The Bertz CT molecular complexity index is 589. The Kier molecular flexibility index (Phi) is 2.82. The minimum atomic E-state index is -4.49. The number of aromatic amines is 1. The first-order chi connectivity index (χ1) is 8.39. The monoisotopic (exact) mass is 255 g/mol. The highest BCUT2D eigenvalue weighted by molar-refractivity contribution is 6.11. The van der Waals surface area contributed by atoms with Gasteiger partial charge in [0.05, 0.1) is 17.3 Å². The van der Waals surface area contributed by atoms with Gasteiger partial charge in [-0.15, -0.1) is 0 Å². The van der Waals surface area contributed by atoms with Gasteiger partial charge < -0.3 is 5.73 Å². The highest BCUT2D eigenvalue weighted by Gasteiger charge is 2.31. The second kappa shape index (κ2) is 4.17. The summed E-state index contributed by atoms with van der Waals surface area (Å²) in [6.45, 7) is 0. The average Bonchev–Trinajstić information content (AvgIpc) is 2.73. The van der Waals surface area contributed by atoms with Gasteiger partial charge >= 0.3 is 6.18 Å². The normalized spacial score (nSPS) is 11.5. The van der Waals surface area contributed by atoms with Gasteiger partial charge in [-0.05, 0) is 12.1 Å². The van der Waals surface area contributed by atoms with Gasteiger partial charge in [-0.1, -0.05) is 12.1 Å². The van der Waals surface area contributed by atoms with E-state index in [0.717, 1.165) is 12.1 Å². The molecule has 7 heteroatoms. The number of hydrogen-bond acceptors (Lipinski definition) is 3. The van der Waals surface area contributed by atoms with Crippen LogP contribution in [0.2, 0.25) is 0 Å². The molecule has 2 rings (SSSR count). The lowest BCUT2D eigenvalue weighted by Gasteiger charge is -2.07. The number of nitrogen functional groups attached to an aromatic ring is 1. The Morgan fingerprint density at radius 1 is 1.33 bits per heavy atom. The quantitative estimate of drug-likeness (QED) is 0.808. The first-order valence-electron chi connectivity index (χ1n) is 4.90. The number of nitrogens with two attached hydrogens (primary N) is 1. The number of alkyl halides is 3. The summed E-state index contributed by atoms with van der Waals surface area (Å²) in [6, 6.07) is 4.15. The van der Waals surface area contributed by atoms with Crippen LogP contribution in [0.3, 0.4) is 0 Å². The Balaban J connectivity index is 2.41. The molecule has 0 aliphatic rings. The van der Waals surface area contributed by atoms with Crippen molar-refractivity contribution in [2.45, 2.75) is 6.18 Å². The van der Waals surface area contributed by atoms with Crippen molar-refractivity contribution < 1.29 is 18.0 Å². The Hall–Kier alpha value is -2.31. The lowest BCUT2D eigenvalue weighted by atomic mass is 10.0. The van der Waals surface area contributed by atoms with Crippen LogP contribution in [0.1, 0.15) is 21.5 Å². The third-order valence-corrected chi connectivity index (χ3v) is 2.37. The van der Waals surface area contributed by atoms with Crippen molar-refractivity contribution in [3.05, 3.63) is 47.2 Å². The molecule has 1 aromatic heterocycles. The molecule has 0 saturated heterocycles. The van der Waals surface area contributed by atoms with E-state index in [2.05, 4.69) is 10.2 Å².